The van der Waals surface area contributed by atoms with Crippen molar-refractivity contribution in [2.45, 2.75) is 50.9 Å². The van der Waals surface area contributed by atoms with E-state index in [4.69, 9.17) is 9.47 Å². The molecule has 0 bridgehead atoms. The van der Waals surface area contributed by atoms with Gasteiger partial charge in [-0.25, -0.2) is 0 Å². The third-order valence-electron chi connectivity index (χ3n) is 6.70. The Hall–Kier alpha value is -2.21. The summed E-state index contributed by atoms with van der Waals surface area (Å²) in [6.07, 6.45) is 4.36. The zero-order valence-corrected chi connectivity index (χ0v) is 18.7. The fourth-order valence-electron chi connectivity index (χ4n) is 4.93. The summed E-state index contributed by atoms with van der Waals surface area (Å²) in [5, 5.41) is 2.91. The molecule has 2 aromatic carbocycles. The number of piperidine rings is 1. The first-order chi connectivity index (χ1) is 15.1. The topological polar surface area (TPSA) is 50.8 Å². The number of nitrogens with zero attached hydrogens (tertiary/aromatic N) is 1. The first kappa shape index (κ1) is 22.0. The van der Waals surface area contributed by atoms with Crippen LogP contribution in [0.15, 0.2) is 48.5 Å². The Bertz CT molecular complexity index is 890. The quantitative estimate of drug-likeness (QED) is 0.734. The summed E-state index contributed by atoms with van der Waals surface area (Å²) in [6.45, 7) is 5.95. The van der Waals surface area contributed by atoms with Gasteiger partial charge in [-0.1, -0.05) is 42.5 Å². The van der Waals surface area contributed by atoms with Crippen LogP contribution in [0.2, 0.25) is 0 Å². The second-order valence-electron chi connectivity index (χ2n) is 8.99. The number of aryl methyl sites for hydroxylation is 1. The number of likely N-dealkylation sites (tertiary alicyclic amines) is 1. The third kappa shape index (κ3) is 5.53. The summed E-state index contributed by atoms with van der Waals surface area (Å²) in [6, 6.07) is 17.5. The molecule has 2 aliphatic heterocycles. The van der Waals surface area contributed by atoms with Gasteiger partial charge in [0.1, 0.15) is 6.61 Å². The van der Waals surface area contributed by atoms with Gasteiger partial charge in [-0.2, -0.15) is 0 Å². The molecular weight excluding hydrogens is 388 g/mol. The van der Waals surface area contributed by atoms with Crippen molar-refractivity contribution in [2.75, 3.05) is 33.4 Å². The number of ether oxygens (including phenoxy) is 2. The minimum absolute atomic E-state index is 0.00382. The number of hydrogen-bond donors (Lipinski definition) is 1. The van der Waals surface area contributed by atoms with Gasteiger partial charge in [0.2, 0.25) is 5.91 Å². The number of amides is 1. The summed E-state index contributed by atoms with van der Waals surface area (Å²) >= 11 is 0. The molecule has 2 aliphatic rings. The van der Waals surface area contributed by atoms with E-state index in [9.17, 15) is 4.79 Å². The molecule has 31 heavy (non-hydrogen) atoms. The van der Waals surface area contributed by atoms with E-state index in [1.165, 1.54) is 29.4 Å². The first-order valence-electron chi connectivity index (χ1n) is 11.4. The van der Waals surface area contributed by atoms with E-state index in [2.05, 4.69) is 65.7 Å². The van der Waals surface area contributed by atoms with Gasteiger partial charge < -0.3 is 14.8 Å². The highest BCUT2D eigenvalue weighted by atomic mass is 16.5. The van der Waals surface area contributed by atoms with Crippen LogP contribution in [0.4, 0.5) is 0 Å². The van der Waals surface area contributed by atoms with Crippen LogP contribution in [0.3, 0.4) is 0 Å². The van der Waals surface area contributed by atoms with Crippen LogP contribution in [-0.4, -0.2) is 55.9 Å². The molecule has 1 atom stereocenters. The molecule has 4 rings (SSSR count). The highest BCUT2D eigenvalue weighted by Crippen LogP contribution is 2.39. The number of methoxy groups -OCH3 is 1. The van der Waals surface area contributed by atoms with Crippen LogP contribution < -0.4 is 5.32 Å². The second-order valence-corrected chi connectivity index (χ2v) is 8.99. The van der Waals surface area contributed by atoms with Crippen LogP contribution in [0, 0.1) is 6.92 Å². The van der Waals surface area contributed by atoms with Gasteiger partial charge in [0, 0.05) is 33.3 Å². The molecule has 5 heteroatoms. The molecule has 2 saturated heterocycles. The average Bonchev–Trinajstić information content (AvgIpc) is 3.17. The highest BCUT2D eigenvalue weighted by molar-refractivity contribution is 5.77. The number of rotatable bonds is 7. The van der Waals surface area contributed by atoms with Crippen molar-refractivity contribution in [3.63, 3.8) is 0 Å². The van der Waals surface area contributed by atoms with E-state index < -0.39 is 0 Å². The maximum Gasteiger partial charge on any atom is 0.246 e. The van der Waals surface area contributed by atoms with Crippen molar-refractivity contribution in [2.24, 2.45) is 0 Å². The van der Waals surface area contributed by atoms with Crippen LogP contribution in [-0.2, 0) is 20.8 Å². The lowest BCUT2D eigenvalue weighted by atomic mass is 9.88. The van der Waals surface area contributed by atoms with Crippen molar-refractivity contribution in [1.82, 2.24) is 10.2 Å². The number of nitrogens with one attached hydrogen (secondary N) is 1. The number of carbonyl (C=O) groups excluding carboxylic acids is 1. The molecule has 0 aliphatic carbocycles. The van der Waals surface area contributed by atoms with Crippen LogP contribution in [0.1, 0.15) is 36.8 Å². The molecule has 0 aromatic heterocycles. The Morgan fingerprint density at radius 1 is 1.16 bits per heavy atom. The monoisotopic (exact) mass is 422 g/mol. The zero-order chi connectivity index (χ0) is 21.7. The van der Waals surface area contributed by atoms with E-state index in [0.29, 0.717) is 6.54 Å². The Morgan fingerprint density at radius 2 is 1.97 bits per heavy atom. The molecule has 2 fully saturated rings. The Kier molecular flexibility index (Phi) is 7.06. The summed E-state index contributed by atoms with van der Waals surface area (Å²) in [4.78, 5) is 14.2. The predicted octanol–water partition coefficient (Wildman–Crippen LogP) is 3.94. The minimum atomic E-state index is -0.0743. The number of carbonyl (C=O) groups is 1. The molecule has 5 nitrogen and oxygen atoms in total. The molecule has 1 amide bonds. The van der Waals surface area contributed by atoms with Gasteiger partial charge in [0.15, 0.2) is 0 Å². The number of benzene rings is 2. The van der Waals surface area contributed by atoms with Gasteiger partial charge in [-0.3, -0.25) is 9.69 Å². The highest BCUT2D eigenvalue weighted by Gasteiger charge is 2.42. The molecule has 1 spiro atoms. The fourth-order valence-corrected chi connectivity index (χ4v) is 4.93. The largest absolute Gasteiger partial charge is 0.375 e. The summed E-state index contributed by atoms with van der Waals surface area (Å²) in [5.41, 5.74) is 5.27. The number of hydrogen-bond acceptors (Lipinski definition) is 4. The third-order valence-corrected chi connectivity index (χ3v) is 6.70. The molecule has 166 valence electrons. The fraction of sp³-hybridized carbons (Fsp3) is 0.500. The van der Waals surface area contributed by atoms with Crippen LogP contribution in [0.5, 0.6) is 0 Å². The van der Waals surface area contributed by atoms with Crippen molar-refractivity contribution < 1.29 is 14.3 Å². The minimum Gasteiger partial charge on any atom is -0.375 e. The van der Waals surface area contributed by atoms with Crippen molar-refractivity contribution in [1.29, 1.82) is 0 Å². The molecular formula is C26H34N2O3. The van der Waals surface area contributed by atoms with Crippen molar-refractivity contribution >= 4 is 5.91 Å². The Balaban J connectivity index is 1.29. The van der Waals surface area contributed by atoms with E-state index >= 15 is 0 Å². The lowest BCUT2D eigenvalue weighted by molar-refractivity contribution is -0.126. The Morgan fingerprint density at radius 3 is 2.74 bits per heavy atom. The van der Waals surface area contributed by atoms with Gasteiger partial charge in [0.05, 0.1) is 11.7 Å². The normalized spacial score (nSPS) is 20.8. The van der Waals surface area contributed by atoms with Gasteiger partial charge in [-0.15, -0.1) is 0 Å². The van der Waals surface area contributed by atoms with Crippen molar-refractivity contribution in [3.05, 3.63) is 59.7 Å². The maximum atomic E-state index is 11.6. The van der Waals surface area contributed by atoms with E-state index in [0.717, 1.165) is 45.3 Å². The summed E-state index contributed by atoms with van der Waals surface area (Å²) in [7, 11) is 1.54. The first-order valence-corrected chi connectivity index (χ1v) is 11.4. The Labute approximate surface area is 185 Å². The average molecular weight is 423 g/mol. The van der Waals surface area contributed by atoms with Crippen LogP contribution in [0.25, 0.3) is 11.1 Å². The van der Waals surface area contributed by atoms with Gasteiger partial charge in [-0.05, 0) is 60.9 Å². The van der Waals surface area contributed by atoms with Crippen LogP contribution >= 0.6 is 0 Å². The van der Waals surface area contributed by atoms with E-state index in [1.807, 2.05) is 0 Å². The lowest BCUT2D eigenvalue weighted by Crippen LogP contribution is -2.45. The lowest BCUT2D eigenvalue weighted by Gasteiger charge is -2.39. The molecule has 2 aromatic rings. The molecule has 0 saturated carbocycles. The van der Waals surface area contributed by atoms with Crippen molar-refractivity contribution in [3.8, 4) is 11.1 Å². The molecule has 1 unspecified atom stereocenters. The van der Waals surface area contributed by atoms with Gasteiger partial charge in [0.25, 0.3) is 0 Å². The van der Waals surface area contributed by atoms with Gasteiger partial charge >= 0.3 is 0 Å². The molecule has 0 radical (unpaired) electrons. The predicted molar refractivity (Wildman–Crippen MR) is 123 cm³/mol. The summed E-state index contributed by atoms with van der Waals surface area (Å²) < 4.78 is 11.3. The zero-order valence-electron chi connectivity index (χ0n) is 18.7. The standard InChI is InChI=1S/C26H34N2O3/c1-20-6-3-4-9-24(20)22-8-5-7-21(16-22)18-28-14-12-26(13-15-28)11-10-23(31-26)17-27-25(29)19-30-2/h3-9,16,23H,10-15,17-19H2,1-2H3,(H,27,29). The summed E-state index contributed by atoms with van der Waals surface area (Å²) in [5.74, 6) is -0.0743. The van der Waals surface area contributed by atoms with E-state index in [-0.39, 0.29) is 24.2 Å². The smallest absolute Gasteiger partial charge is 0.246 e. The maximum absolute atomic E-state index is 11.6. The van der Waals surface area contributed by atoms with E-state index in [1.54, 1.807) is 0 Å². The molecule has 2 heterocycles. The SMILES string of the molecule is COCC(=O)NCC1CCC2(CCN(Cc3cccc(-c4ccccc4C)c3)CC2)O1. The second kappa shape index (κ2) is 9.94. The molecule has 1 N–H and O–H groups in total.